The van der Waals surface area contributed by atoms with Gasteiger partial charge in [0.25, 0.3) is 11.6 Å². The highest BCUT2D eigenvalue weighted by Gasteiger charge is 2.39. The van der Waals surface area contributed by atoms with Gasteiger partial charge in [-0.2, -0.15) is 0 Å². The molecule has 7 heteroatoms. The Hall–Kier alpha value is -3.48. The SMILES string of the molecule is CN1C(=O)[C@H](Cc2ccccc2)N(C)C(=O)C1=Cc1ccccc1[N+](=O)[O-]. The summed E-state index contributed by atoms with van der Waals surface area (Å²) in [7, 11) is 3.10. The van der Waals surface area contributed by atoms with Crippen molar-refractivity contribution in [3.8, 4) is 0 Å². The second-order valence-electron chi connectivity index (χ2n) is 6.36. The van der Waals surface area contributed by atoms with E-state index in [1.54, 1.807) is 25.2 Å². The number of carbonyl (C=O) groups is 2. The molecule has 1 aliphatic rings. The van der Waals surface area contributed by atoms with E-state index in [0.29, 0.717) is 6.42 Å². The molecule has 1 aliphatic heterocycles. The van der Waals surface area contributed by atoms with Crippen LogP contribution in [0.3, 0.4) is 0 Å². The molecule has 0 aromatic heterocycles. The molecule has 0 spiro atoms. The van der Waals surface area contributed by atoms with Crippen LogP contribution in [0.25, 0.3) is 6.08 Å². The molecule has 138 valence electrons. The van der Waals surface area contributed by atoms with E-state index in [1.165, 1.54) is 29.0 Å². The van der Waals surface area contributed by atoms with Crippen molar-refractivity contribution >= 4 is 23.6 Å². The molecule has 2 aromatic carbocycles. The van der Waals surface area contributed by atoms with Gasteiger partial charge in [0.15, 0.2) is 0 Å². The minimum absolute atomic E-state index is 0.112. The van der Waals surface area contributed by atoms with Crippen molar-refractivity contribution < 1.29 is 14.5 Å². The average Bonchev–Trinajstić information content (AvgIpc) is 2.68. The Morgan fingerprint density at radius 1 is 1.04 bits per heavy atom. The lowest BCUT2D eigenvalue weighted by Gasteiger charge is -2.38. The van der Waals surface area contributed by atoms with Gasteiger partial charge in [-0.3, -0.25) is 19.7 Å². The third-order valence-corrected chi connectivity index (χ3v) is 4.68. The maximum atomic E-state index is 12.9. The number of carbonyl (C=O) groups excluding carboxylic acids is 2. The zero-order chi connectivity index (χ0) is 19.6. The van der Waals surface area contributed by atoms with E-state index in [0.717, 1.165) is 5.56 Å². The van der Waals surface area contributed by atoms with Gasteiger partial charge >= 0.3 is 0 Å². The molecular formula is C20H19N3O4. The number of hydrogen-bond donors (Lipinski definition) is 0. The van der Waals surface area contributed by atoms with Crippen LogP contribution in [0.4, 0.5) is 5.69 Å². The number of nitro groups is 1. The second-order valence-corrected chi connectivity index (χ2v) is 6.36. The van der Waals surface area contributed by atoms with Gasteiger partial charge in [-0.15, -0.1) is 0 Å². The minimum Gasteiger partial charge on any atom is -0.328 e. The molecular weight excluding hydrogens is 346 g/mol. The first-order valence-electron chi connectivity index (χ1n) is 8.44. The fourth-order valence-corrected chi connectivity index (χ4v) is 3.12. The molecule has 1 atom stereocenters. The van der Waals surface area contributed by atoms with Gasteiger partial charge in [0, 0.05) is 26.6 Å². The predicted molar refractivity (Wildman–Crippen MR) is 101 cm³/mol. The summed E-state index contributed by atoms with van der Waals surface area (Å²) in [6, 6.07) is 15.0. The maximum Gasteiger partial charge on any atom is 0.276 e. The van der Waals surface area contributed by atoms with Crippen molar-refractivity contribution in [3.05, 3.63) is 81.5 Å². The summed E-state index contributed by atoms with van der Waals surface area (Å²) in [5, 5.41) is 11.2. The zero-order valence-electron chi connectivity index (χ0n) is 15.0. The Morgan fingerprint density at radius 2 is 1.67 bits per heavy atom. The lowest BCUT2D eigenvalue weighted by Crippen LogP contribution is -2.56. The lowest BCUT2D eigenvalue weighted by atomic mass is 10.00. The molecule has 2 aromatic rings. The number of amides is 2. The topological polar surface area (TPSA) is 83.8 Å². The van der Waals surface area contributed by atoms with Gasteiger partial charge in [0.1, 0.15) is 11.7 Å². The summed E-state index contributed by atoms with van der Waals surface area (Å²) in [6.45, 7) is 0. The van der Waals surface area contributed by atoms with E-state index >= 15 is 0 Å². The molecule has 0 unspecified atom stereocenters. The fourth-order valence-electron chi connectivity index (χ4n) is 3.12. The normalized spacial score (nSPS) is 18.9. The van der Waals surface area contributed by atoms with E-state index in [9.17, 15) is 19.7 Å². The van der Waals surface area contributed by atoms with Crippen LogP contribution in [-0.2, 0) is 16.0 Å². The molecule has 1 heterocycles. The van der Waals surface area contributed by atoms with Gasteiger partial charge in [0.05, 0.1) is 10.5 Å². The average molecular weight is 365 g/mol. The van der Waals surface area contributed by atoms with Gasteiger partial charge < -0.3 is 9.80 Å². The summed E-state index contributed by atoms with van der Waals surface area (Å²) in [6.07, 6.45) is 1.80. The van der Waals surface area contributed by atoms with E-state index in [1.807, 2.05) is 30.3 Å². The summed E-state index contributed by atoms with van der Waals surface area (Å²) in [4.78, 5) is 39.1. The molecule has 3 rings (SSSR count). The first-order valence-corrected chi connectivity index (χ1v) is 8.44. The number of rotatable bonds is 4. The Kier molecular flexibility index (Phi) is 5.03. The standard InChI is InChI=1S/C20H19N3O4/c1-21-17(12-14-8-4-3-5-9-14)19(24)22(2)18(20(21)25)13-15-10-6-7-11-16(15)23(26)27/h3-11,13,17H,12H2,1-2H3/t17-/m0/s1. The highest BCUT2D eigenvalue weighted by molar-refractivity contribution is 6.07. The van der Waals surface area contributed by atoms with E-state index in [-0.39, 0.29) is 28.8 Å². The largest absolute Gasteiger partial charge is 0.328 e. The Balaban J connectivity index is 1.94. The Morgan fingerprint density at radius 3 is 2.33 bits per heavy atom. The zero-order valence-corrected chi connectivity index (χ0v) is 15.0. The predicted octanol–water partition coefficient (Wildman–Crippen LogP) is 2.48. The van der Waals surface area contributed by atoms with E-state index < -0.39 is 11.0 Å². The minimum atomic E-state index is -0.618. The molecule has 7 nitrogen and oxygen atoms in total. The number of nitro benzene ring substituents is 1. The molecule has 0 radical (unpaired) electrons. The molecule has 1 fully saturated rings. The van der Waals surface area contributed by atoms with Crippen molar-refractivity contribution in [1.29, 1.82) is 0 Å². The second kappa shape index (κ2) is 7.41. The third-order valence-electron chi connectivity index (χ3n) is 4.68. The third kappa shape index (κ3) is 3.57. The first kappa shape index (κ1) is 18.3. The number of hydrogen-bond acceptors (Lipinski definition) is 4. The molecule has 0 aliphatic carbocycles. The number of nitrogens with zero attached hydrogens (tertiary/aromatic N) is 3. The smallest absolute Gasteiger partial charge is 0.276 e. The van der Waals surface area contributed by atoms with Gasteiger partial charge in [-0.1, -0.05) is 42.5 Å². The number of para-hydroxylation sites is 1. The van der Waals surface area contributed by atoms with E-state index in [4.69, 9.17) is 0 Å². The van der Waals surface area contributed by atoms with Crippen molar-refractivity contribution in [2.24, 2.45) is 0 Å². The van der Waals surface area contributed by atoms with Crippen LogP contribution < -0.4 is 0 Å². The van der Waals surface area contributed by atoms with Crippen molar-refractivity contribution in [1.82, 2.24) is 9.80 Å². The van der Waals surface area contributed by atoms with Crippen molar-refractivity contribution in [2.75, 3.05) is 14.1 Å². The molecule has 0 saturated carbocycles. The molecule has 27 heavy (non-hydrogen) atoms. The summed E-state index contributed by atoms with van der Waals surface area (Å²) >= 11 is 0. The van der Waals surface area contributed by atoms with Gasteiger partial charge in [0.2, 0.25) is 5.91 Å². The Labute approximate surface area is 156 Å². The molecule has 0 N–H and O–H groups in total. The molecule has 2 amide bonds. The van der Waals surface area contributed by atoms with Crippen LogP contribution in [-0.4, -0.2) is 46.7 Å². The number of benzene rings is 2. The van der Waals surface area contributed by atoms with E-state index in [2.05, 4.69) is 0 Å². The highest BCUT2D eigenvalue weighted by atomic mass is 16.6. The van der Waals surface area contributed by atoms with Crippen LogP contribution >= 0.6 is 0 Å². The van der Waals surface area contributed by atoms with Gasteiger partial charge in [-0.05, 0) is 17.7 Å². The van der Waals surface area contributed by atoms with Crippen LogP contribution in [0.15, 0.2) is 60.3 Å². The number of likely N-dealkylation sites (N-methyl/N-ethyl adjacent to an activating group) is 2. The van der Waals surface area contributed by atoms with Crippen LogP contribution in [0.2, 0.25) is 0 Å². The van der Waals surface area contributed by atoms with Gasteiger partial charge in [-0.25, -0.2) is 0 Å². The monoisotopic (exact) mass is 365 g/mol. The van der Waals surface area contributed by atoms with Crippen molar-refractivity contribution in [3.63, 3.8) is 0 Å². The Bertz CT molecular complexity index is 924. The van der Waals surface area contributed by atoms with Crippen molar-refractivity contribution in [2.45, 2.75) is 12.5 Å². The van der Waals surface area contributed by atoms with Crippen LogP contribution in [0.5, 0.6) is 0 Å². The number of piperazine rings is 1. The quantitative estimate of drug-likeness (QED) is 0.473. The summed E-state index contributed by atoms with van der Waals surface area (Å²) in [5.41, 5.74) is 1.23. The molecule has 0 bridgehead atoms. The van der Waals surface area contributed by atoms with Crippen LogP contribution in [0.1, 0.15) is 11.1 Å². The lowest BCUT2D eigenvalue weighted by molar-refractivity contribution is -0.385. The summed E-state index contributed by atoms with van der Waals surface area (Å²) < 4.78 is 0. The highest BCUT2D eigenvalue weighted by Crippen LogP contribution is 2.26. The summed E-state index contributed by atoms with van der Waals surface area (Å²) in [5.74, 6) is -0.582. The first-order chi connectivity index (χ1) is 12.9. The fraction of sp³-hybridized carbons (Fsp3) is 0.200. The molecule has 1 saturated heterocycles. The maximum absolute atomic E-state index is 12.9. The van der Waals surface area contributed by atoms with Crippen LogP contribution in [0, 0.1) is 10.1 Å².